The molecule has 0 saturated carbocycles. The van der Waals surface area contributed by atoms with Crippen LogP contribution in [0.5, 0.6) is 0 Å². The maximum Gasteiger partial charge on any atom is 0.308 e. The minimum Gasteiger partial charge on any atom is -0.481 e. The number of carboxylic acids is 1. The number of nitrogens with zero attached hydrogens (tertiary/aromatic N) is 1. The summed E-state index contributed by atoms with van der Waals surface area (Å²) in [5.74, 6) is -0.546. The number of aromatic nitrogens is 1. The molecule has 19 heavy (non-hydrogen) atoms. The van der Waals surface area contributed by atoms with Crippen LogP contribution >= 0.6 is 23.1 Å². The van der Waals surface area contributed by atoms with Gasteiger partial charge in [0.1, 0.15) is 0 Å². The number of aryl methyl sites for hydroxylation is 1. The summed E-state index contributed by atoms with van der Waals surface area (Å²) in [4.78, 5) is 27.2. The lowest BCUT2D eigenvalue weighted by Crippen LogP contribution is -2.25. The van der Waals surface area contributed by atoms with Crippen molar-refractivity contribution in [1.29, 1.82) is 0 Å². The second-order valence-corrected chi connectivity index (χ2v) is 6.36. The average Bonchev–Trinajstić information content (AvgIpc) is 2.67. The van der Waals surface area contributed by atoms with Gasteiger partial charge in [0.05, 0.1) is 17.9 Å². The summed E-state index contributed by atoms with van der Waals surface area (Å²) >= 11 is 2.70. The summed E-state index contributed by atoms with van der Waals surface area (Å²) in [5, 5.41) is 11.6. The van der Waals surface area contributed by atoms with Crippen molar-refractivity contribution in [2.45, 2.75) is 37.4 Å². The number of aliphatic carboxylic acids is 1. The molecule has 106 valence electrons. The first-order chi connectivity index (χ1) is 9.02. The highest BCUT2D eigenvalue weighted by Gasteiger charge is 2.12. The van der Waals surface area contributed by atoms with Crippen molar-refractivity contribution in [3.8, 4) is 0 Å². The summed E-state index contributed by atoms with van der Waals surface area (Å²) in [6.07, 6.45) is 2.03. The molecule has 0 atom stereocenters. The third-order valence-corrected chi connectivity index (χ3v) is 4.66. The molecule has 1 amide bonds. The van der Waals surface area contributed by atoms with Gasteiger partial charge in [-0.05, 0) is 13.3 Å². The molecule has 2 N–H and O–H groups in total. The zero-order chi connectivity index (χ0) is 14.3. The first-order valence-corrected chi connectivity index (χ1v) is 7.90. The predicted molar refractivity (Wildman–Crippen MR) is 76.8 cm³/mol. The number of hydrogen-bond acceptors (Lipinski definition) is 5. The highest BCUT2D eigenvalue weighted by Crippen LogP contribution is 2.27. The SMILES string of the molecule is CCCCNC(=O)CSc1nc(C)c(CC(=O)O)s1. The molecule has 0 spiro atoms. The van der Waals surface area contributed by atoms with Crippen molar-refractivity contribution < 1.29 is 14.7 Å². The summed E-state index contributed by atoms with van der Waals surface area (Å²) in [5.41, 5.74) is 0.737. The molecular formula is C12H18N2O3S2. The maximum absolute atomic E-state index is 11.5. The molecule has 0 saturated heterocycles. The van der Waals surface area contributed by atoms with E-state index < -0.39 is 5.97 Å². The van der Waals surface area contributed by atoms with Crippen LogP contribution in [0.3, 0.4) is 0 Å². The molecule has 0 aliphatic carbocycles. The molecular weight excluding hydrogens is 284 g/mol. The van der Waals surface area contributed by atoms with Gasteiger partial charge >= 0.3 is 5.97 Å². The minimum absolute atomic E-state index is 0.00719. The Kier molecular flexibility index (Phi) is 6.86. The van der Waals surface area contributed by atoms with Crippen LogP contribution in [0.1, 0.15) is 30.3 Å². The molecule has 1 aromatic heterocycles. The number of thioether (sulfide) groups is 1. The first-order valence-electron chi connectivity index (χ1n) is 6.10. The van der Waals surface area contributed by atoms with E-state index in [0.717, 1.165) is 27.8 Å². The van der Waals surface area contributed by atoms with Crippen LogP contribution in [0.2, 0.25) is 0 Å². The molecule has 0 fully saturated rings. The van der Waals surface area contributed by atoms with Crippen molar-refractivity contribution >= 4 is 35.0 Å². The topological polar surface area (TPSA) is 79.3 Å². The molecule has 0 unspecified atom stereocenters. The Balaban J connectivity index is 2.41. The van der Waals surface area contributed by atoms with Gasteiger partial charge in [0.15, 0.2) is 4.34 Å². The predicted octanol–water partition coefficient (Wildman–Crippen LogP) is 2.09. The second-order valence-electron chi connectivity index (χ2n) is 4.05. The standard InChI is InChI=1S/C12H18N2O3S2/c1-3-4-5-13-10(15)7-18-12-14-8(2)9(19-12)6-11(16)17/h3-7H2,1-2H3,(H,13,15)(H,16,17). The maximum atomic E-state index is 11.5. The Morgan fingerprint density at radius 1 is 1.47 bits per heavy atom. The van der Waals surface area contributed by atoms with Gasteiger partial charge < -0.3 is 10.4 Å². The van der Waals surface area contributed by atoms with Crippen LogP contribution < -0.4 is 5.32 Å². The highest BCUT2D eigenvalue weighted by molar-refractivity contribution is 8.01. The van der Waals surface area contributed by atoms with Crippen LogP contribution in [0, 0.1) is 6.92 Å². The van der Waals surface area contributed by atoms with E-state index in [2.05, 4.69) is 17.2 Å². The summed E-state index contributed by atoms with van der Waals surface area (Å²) < 4.78 is 0.749. The highest BCUT2D eigenvalue weighted by atomic mass is 32.2. The normalized spacial score (nSPS) is 10.4. The van der Waals surface area contributed by atoms with Crippen LogP contribution in [-0.2, 0) is 16.0 Å². The molecule has 0 aromatic carbocycles. The van der Waals surface area contributed by atoms with Crippen LogP contribution in [0.15, 0.2) is 4.34 Å². The Morgan fingerprint density at radius 2 is 2.21 bits per heavy atom. The van der Waals surface area contributed by atoms with Crippen LogP contribution in [0.4, 0.5) is 0 Å². The Labute approximate surface area is 120 Å². The van der Waals surface area contributed by atoms with Gasteiger partial charge in [0.2, 0.25) is 5.91 Å². The molecule has 1 rings (SSSR count). The number of amides is 1. The van der Waals surface area contributed by atoms with E-state index >= 15 is 0 Å². The van der Waals surface area contributed by atoms with Crippen molar-refractivity contribution in [2.75, 3.05) is 12.3 Å². The van der Waals surface area contributed by atoms with Gasteiger partial charge in [-0.3, -0.25) is 9.59 Å². The van der Waals surface area contributed by atoms with Crippen molar-refractivity contribution in [3.63, 3.8) is 0 Å². The summed E-state index contributed by atoms with van der Waals surface area (Å²) in [6.45, 7) is 4.57. The van der Waals surface area contributed by atoms with Gasteiger partial charge in [-0.1, -0.05) is 25.1 Å². The fraction of sp³-hybridized carbons (Fsp3) is 0.583. The largest absolute Gasteiger partial charge is 0.481 e. The fourth-order valence-electron chi connectivity index (χ4n) is 1.35. The van der Waals surface area contributed by atoms with E-state index in [0.29, 0.717) is 12.3 Å². The van der Waals surface area contributed by atoms with Gasteiger partial charge in [0, 0.05) is 11.4 Å². The van der Waals surface area contributed by atoms with E-state index in [-0.39, 0.29) is 12.3 Å². The fourth-order valence-corrected chi connectivity index (χ4v) is 3.40. The van der Waals surface area contributed by atoms with E-state index in [1.54, 1.807) is 6.92 Å². The van der Waals surface area contributed by atoms with E-state index in [9.17, 15) is 9.59 Å². The number of carbonyl (C=O) groups excluding carboxylic acids is 1. The van der Waals surface area contributed by atoms with E-state index in [4.69, 9.17) is 5.11 Å². The molecule has 7 heteroatoms. The third-order valence-electron chi connectivity index (χ3n) is 2.36. The van der Waals surface area contributed by atoms with Crippen molar-refractivity contribution in [3.05, 3.63) is 10.6 Å². The Hall–Kier alpha value is -1.08. The quantitative estimate of drug-likeness (QED) is 0.568. The number of rotatable bonds is 8. The number of unbranched alkanes of at least 4 members (excludes halogenated alkanes) is 1. The minimum atomic E-state index is -0.861. The van der Waals surface area contributed by atoms with Crippen LogP contribution in [-0.4, -0.2) is 34.3 Å². The second kappa shape index (κ2) is 8.16. The number of carboxylic acid groups (broad SMARTS) is 1. The van der Waals surface area contributed by atoms with Gasteiger partial charge in [0.25, 0.3) is 0 Å². The molecule has 0 aliphatic heterocycles. The van der Waals surface area contributed by atoms with Crippen LogP contribution in [0.25, 0.3) is 0 Å². The monoisotopic (exact) mass is 302 g/mol. The summed E-state index contributed by atoms with van der Waals surface area (Å²) in [6, 6.07) is 0. The Morgan fingerprint density at radius 3 is 2.84 bits per heavy atom. The number of thiazole rings is 1. The lowest BCUT2D eigenvalue weighted by molar-refractivity contribution is -0.136. The average molecular weight is 302 g/mol. The summed E-state index contributed by atoms with van der Waals surface area (Å²) in [7, 11) is 0. The number of hydrogen-bond donors (Lipinski definition) is 2. The molecule has 0 aliphatic rings. The zero-order valence-electron chi connectivity index (χ0n) is 11.1. The molecule has 0 bridgehead atoms. The molecule has 0 radical (unpaired) electrons. The zero-order valence-corrected chi connectivity index (χ0v) is 12.7. The Bertz CT molecular complexity index is 446. The lowest BCUT2D eigenvalue weighted by Gasteiger charge is -2.02. The van der Waals surface area contributed by atoms with Crippen molar-refractivity contribution in [2.24, 2.45) is 0 Å². The third kappa shape index (κ3) is 6.07. The van der Waals surface area contributed by atoms with E-state index in [1.807, 2.05) is 0 Å². The first kappa shape index (κ1) is 16.0. The van der Waals surface area contributed by atoms with Gasteiger partial charge in [-0.15, -0.1) is 11.3 Å². The number of carbonyl (C=O) groups is 2. The molecule has 1 aromatic rings. The van der Waals surface area contributed by atoms with E-state index in [1.165, 1.54) is 23.1 Å². The van der Waals surface area contributed by atoms with Gasteiger partial charge in [-0.25, -0.2) is 4.98 Å². The molecule has 1 heterocycles. The number of nitrogens with one attached hydrogen (secondary N) is 1. The van der Waals surface area contributed by atoms with Crippen molar-refractivity contribution in [1.82, 2.24) is 10.3 Å². The molecule has 5 nitrogen and oxygen atoms in total. The lowest BCUT2D eigenvalue weighted by atomic mass is 10.3. The smallest absolute Gasteiger partial charge is 0.308 e. The van der Waals surface area contributed by atoms with Gasteiger partial charge in [-0.2, -0.15) is 0 Å².